The molecular weight excluding hydrogens is 275 g/mol. The summed E-state index contributed by atoms with van der Waals surface area (Å²) in [5.74, 6) is -3.14. The summed E-state index contributed by atoms with van der Waals surface area (Å²) in [5.41, 5.74) is -1.43. The molecule has 0 spiro atoms. The molecule has 1 aliphatic carbocycles. The molecule has 1 fully saturated rings. The van der Waals surface area contributed by atoms with Gasteiger partial charge in [0.15, 0.2) is 11.6 Å². The van der Waals surface area contributed by atoms with Crippen LogP contribution in [0.3, 0.4) is 0 Å². The van der Waals surface area contributed by atoms with Crippen LogP contribution in [0.2, 0.25) is 0 Å². The van der Waals surface area contributed by atoms with E-state index in [1.165, 1.54) is 0 Å². The number of hydrogen-bond donors (Lipinski definition) is 1. The highest BCUT2D eigenvalue weighted by Gasteiger charge is 2.42. The summed E-state index contributed by atoms with van der Waals surface area (Å²) in [7, 11) is 0. The van der Waals surface area contributed by atoms with E-state index in [2.05, 4.69) is 4.98 Å². The lowest BCUT2D eigenvalue weighted by Crippen LogP contribution is -2.12. The average Bonchev–Trinajstić information content (AvgIpc) is 2.72. The van der Waals surface area contributed by atoms with Crippen molar-refractivity contribution in [3.05, 3.63) is 17.3 Å². The van der Waals surface area contributed by atoms with Gasteiger partial charge in [0.05, 0.1) is 0 Å². The van der Waals surface area contributed by atoms with Crippen LogP contribution in [0, 0.1) is 0 Å². The first-order chi connectivity index (χ1) is 9.39. The summed E-state index contributed by atoms with van der Waals surface area (Å²) in [6.45, 7) is 0. The summed E-state index contributed by atoms with van der Waals surface area (Å²) < 4.78 is 43.2. The molecule has 1 saturated carbocycles. The Morgan fingerprint density at radius 2 is 1.70 bits per heavy atom. The van der Waals surface area contributed by atoms with E-state index in [9.17, 15) is 18.0 Å². The molecule has 0 atom stereocenters. The minimum atomic E-state index is -4.81. The van der Waals surface area contributed by atoms with Gasteiger partial charge in [-0.1, -0.05) is 32.1 Å². The normalized spacial score (nSPS) is 18.6. The topological polar surface area (TPSA) is 63.3 Å². The van der Waals surface area contributed by atoms with Crippen LogP contribution in [0.4, 0.5) is 13.2 Å². The van der Waals surface area contributed by atoms with Gasteiger partial charge in [0.2, 0.25) is 5.76 Å². The molecule has 0 bridgehead atoms. The molecule has 112 valence electrons. The Kier molecular flexibility index (Phi) is 4.35. The molecular formula is C13H16F3NO3. The highest BCUT2D eigenvalue weighted by Crippen LogP contribution is 2.36. The highest BCUT2D eigenvalue weighted by atomic mass is 19.4. The fourth-order valence-electron chi connectivity index (χ4n) is 2.55. The fraction of sp³-hybridized carbons (Fsp3) is 0.692. The summed E-state index contributed by atoms with van der Waals surface area (Å²) in [6, 6.07) is 0. The summed E-state index contributed by atoms with van der Waals surface area (Å²) >= 11 is 0. The molecule has 1 aromatic heterocycles. The summed E-state index contributed by atoms with van der Waals surface area (Å²) in [6.07, 6.45) is 1.58. The van der Waals surface area contributed by atoms with E-state index >= 15 is 0 Å². The number of rotatable bonds is 2. The second-order valence-electron chi connectivity index (χ2n) is 5.07. The van der Waals surface area contributed by atoms with E-state index in [1.807, 2.05) is 0 Å². The number of hydrogen-bond acceptors (Lipinski definition) is 3. The second kappa shape index (κ2) is 5.85. The Labute approximate surface area is 114 Å². The van der Waals surface area contributed by atoms with Crippen molar-refractivity contribution in [3.8, 4) is 0 Å². The van der Waals surface area contributed by atoms with Crippen LogP contribution in [0.1, 0.15) is 73.0 Å². The zero-order valence-electron chi connectivity index (χ0n) is 10.9. The largest absolute Gasteiger partial charge is 0.475 e. The van der Waals surface area contributed by atoms with Crippen LogP contribution in [0.25, 0.3) is 0 Å². The van der Waals surface area contributed by atoms with Crippen molar-refractivity contribution in [1.29, 1.82) is 0 Å². The van der Waals surface area contributed by atoms with Gasteiger partial charge in [0.25, 0.3) is 0 Å². The zero-order chi connectivity index (χ0) is 14.8. The number of nitrogens with zero attached hydrogens (tertiary/aromatic N) is 1. The van der Waals surface area contributed by atoms with Gasteiger partial charge in [-0.05, 0) is 12.8 Å². The third kappa shape index (κ3) is 3.32. The summed E-state index contributed by atoms with van der Waals surface area (Å²) in [5, 5.41) is 8.81. The van der Waals surface area contributed by atoms with Gasteiger partial charge in [0.1, 0.15) is 0 Å². The van der Waals surface area contributed by atoms with Crippen LogP contribution in [0.5, 0.6) is 0 Å². The molecule has 1 aliphatic rings. The summed E-state index contributed by atoms with van der Waals surface area (Å²) in [4.78, 5) is 14.3. The van der Waals surface area contributed by atoms with Crippen molar-refractivity contribution in [2.75, 3.05) is 0 Å². The smallest absolute Gasteiger partial charge is 0.437 e. The van der Waals surface area contributed by atoms with Crippen molar-refractivity contribution in [3.63, 3.8) is 0 Å². The first-order valence-electron chi connectivity index (χ1n) is 6.71. The number of carboxylic acid groups (broad SMARTS) is 1. The Bertz CT molecular complexity index is 474. The van der Waals surface area contributed by atoms with Gasteiger partial charge < -0.3 is 9.52 Å². The number of halogens is 3. The van der Waals surface area contributed by atoms with Gasteiger partial charge in [-0.25, -0.2) is 9.78 Å². The first kappa shape index (κ1) is 14.9. The minimum Gasteiger partial charge on any atom is -0.475 e. The van der Waals surface area contributed by atoms with Crippen LogP contribution < -0.4 is 0 Å². The lowest BCUT2D eigenvalue weighted by Gasteiger charge is -2.16. The molecule has 20 heavy (non-hydrogen) atoms. The maximum absolute atomic E-state index is 12.7. The van der Waals surface area contributed by atoms with E-state index < -0.39 is 23.6 Å². The van der Waals surface area contributed by atoms with Crippen molar-refractivity contribution >= 4 is 5.97 Å². The molecule has 0 saturated heterocycles. The maximum Gasteiger partial charge on any atom is 0.437 e. The first-order valence-corrected chi connectivity index (χ1v) is 6.71. The third-order valence-electron chi connectivity index (χ3n) is 3.56. The Hall–Kier alpha value is -1.53. The molecule has 1 aromatic rings. The van der Waals surface area contributed by atoms with Gasteiger partial charge >= 0.3 is 12.1 Å². The number of alkyl halides is 3. The monoisotopic (exact) mass is 291 g/mol. The predicted octanol–water partition coefficient (Wildman–Crippen LogP) is 4.22. The minimum absolute atomic E-state index is 0.0865. The van der Waals surface area contributed by atoms with Gasteiger partial charge in [-0.2, -0.15) is 13.2 Å². The SMILES string of the molecule is O=C(O)c1oc(C2CCCCCCC2)nc1C(F)(F)F. The quantitative estimate of drug-likeness (QED) is 0.886. The molecule has 0 aliphatic heterocycles. The van der Waals surface area contributed by atoms with E-state index in [1.54, 1.807) is 0 Å². The van der Waals surface area contributed by atoms with Gasteiger partial charge in [-0.15, -0.1) is 0 Å². The van der Waals surface area contributed by atoms with Crippen molar-refractivity contribution in [2.24, 2.45) is 0 Å². The molecule has 2 rings (SSSR count). The molecule has 0 radical (unpaired) electrons. The lowest BCUT2D eigenvalue weighted by atomic mass is 9.91. The van der Waals surface area contributed by atoms with Crippen molar-refractivity contribution in [1.82, 2.24) is 4.98 Å². The Morgan fingerprint density at radius 1 is 1.15 bits per heavy atom. The van der Waals surface area contributed by atoms with Crippen LogP contribution >= 0.6 is 0 Å². The second-order valence-corrected chi connectivity index (χ2v) is 5.07. The Balaban J connectivity index is 2.29. The molecule has 7 heteroatoms. The molecule has 1 heterocycles. The number of carboxylic acids is 1. The molecule has 4 nitrogen and oxygen atoms in total. The van der Waals surface area contributed by atoms with Gasteiger partial charge in [0, 0.05) is 5.92 Å². The van der Waals surface area contributed by atoms with E-state index in [-0.39, 0.29) is 11.8 Å². The Morgan fingerprint density at radius 3 is 2.15 bits per heavy atom. The average molecular weight is 291 g/mol. The molecule has 0 aromatic carbocycles. The number of carbonyl (C=O) groups is 1. The van der Waals surface area contributed by atoms with Crippen LogP contribution in [-0.4, -0.2) is 16.1 Å². The molecule has 0 amide bonds. The number of aromatic carboxylic acids is 1. The van der Waals surface area contributed by atoms with Crippen molar-refractivity contribution in [2.45, 2.75) is 57.0 Å². The van der Waals surface area contributed by atoms with Crippen LogP contribution in [0.15, 0.2) is 4.42 Å². The standard InChI is InChI=1S/C13H16F3NO3/c14-13(15,16)10-9(12(18)19)20-11(17-10)8-6-4-2-1-3-5-7-8/h8H,1-7H2,(H,18,19). The van der Waals surface area contributed by atoms with Gasteiger partial charge in [-0.3, -0.25) is 0 Å². The zero-order valence-corrected chi connectivity index (χ0v) is 10.9. The van der Waals surface area contributed by atoms with E-state index in [0.717, 1.165) is 32.1 Å². The molecule has 0 unspecified atom stereocenters. The maximum atomic E-state index is 12.7. The fourth-order valence-corrected chi connectivity index (χ4v) is 2.55. The van der Waals surface area contributed by atoms with E-state index in [4.69, 9.17) is 9.52 Å². The van der Waals surface area contributed by atoms with Crippen molar-refractivity contribution < 1.29 is 27.5 Å². The highest BCUT2D eigenvalue weighted by molar-refractivity contribution is 5.85. The number of aromatic nitrogens is 1. The number of oxazole rings is 1. The third-order valence-corrected chi connectivity index (χ3v) is 3.56. The predicted molar refractivity (Wildman–Crippen MR) is 63.5 cm³/mol. The lowest BCUT2D eigenvalue weighted by molar-refractivity contribution is -0.141. The molecule has 1 N–H and O–H groups in total. The van der Waals surface area contributed by atoms with E-state index in [0.29, 0.717) is 12.8 Å². The van der Waals surface area contributed by atoms with Crippen LogP contribution in [-0.2, 0) is 6.18 Å².